The zero-order valence-electron chi connectivity index (χ0n) is 21.8. The van der Waals surface area contributed by atoms with Crippen molar-refractivity contribution in [3.05, 3.63) is 69.7 Å². The second-order valence-electron chi connectivity index (χ2n) is 10.5. The molecule has 2 unspecified atom stereocenters. The number of carbonyl (C=O) groups excluding carboxylic acids is 1. The molecule has 0 saturated carbocycles. The minimum Gasteiger partial charge on any atom is -0.445 e. The number of halogens is 1. The van der Waals surface area contributed by atoms with Crippen LogP contribution < -0.4 is 4.72 Å². The molecule has 37 heavy (non-hydrogen) atoms. The summed E-state index contributed by atoms with van der Waals surface area (Å²) in [6, 6.07) is 13.3. The molecule has 1 saturated heterocycles. The van der Waals surface area contributed by atoms with Crippen molar-refractivity contribution in [3.8, 4) is 0 Å². The molecule has 4 rings (SSSR count). The summed E-state index contributed by atoms with van der Waals surface area (Å²) in [5.41, 5.74) is 4.10. The van der Waals surface area contributed by atoms with Crippen LogP contribution in [0.2, 0.25) is 5.02 Å². The van der Waals surface area contributed by atoms with Crippen LogP contribution in [-0.2, 0) is 44.8 Å². The van der Waals surface area contributed by atoms with E-state index in [9.17, 15) is 9.00 Å². The lowest BCUT2D eigenvalue weighted by molar-refractivity contribution is -0.182. The minimum absolute atomic E-state index is 0.196. The SMILES string of the molecule is CC(C)(C)S(=O)NC(CCC1OCCCO1)c1cc(Cl)cc2c1CCN(C(=O)OCc1ccccc1)C2. The number of hydrogen-bond donors (Lipinski definition) is 1. The highest BCUT2D eigenvalue weighted by atomic mass is 35.5. The van der Waals surface area contributed by atoms with Crippen LogP contribution in [0.1, 0.15) is 68.3 Å². The van der Waals surface area contributed by atoms with Gasteiger partial charge >= 0.3 is 6.09 Å². The summed E-state index contributed by atoms with van der Waals surface area (Å²) in [6.07, 6.45) is 2.33. The van der Waals surface area contributed by atoms with E-state index in [0.29, 0.717) is 50.6 Å². The van der Waals surface area contributed by atoms with Crippen LogP contribution in [-0.4, -0.2) is 46.0 Å². The summed E-state index contributed by atoms with van der Waals surface area (Å²) in [5, 5.41) is 0.590. The first-order chi connectivity index (χ1) is 17.7. The van der Waals surface area contributed by atoms with Gasteiger partial charge in [-0.25, -0.2) is 13.7 Å². The maximum atomic E-state index is 13.1. The molecule has 2 aliphatic rings. The van der Waals surface area contributed by atoms with Gasteiger partial charge in [0.1, 0.15) is 6.61 Å². The topological polar surface area (TPSA) is 77.1 Å². The van der Waals surface area contributed by atoms with Gasteiger partial charge in [0, 0.05) is 30.6 Å². The molecule has 9 heteroatoms. The number of rotatable bonds is 8. The summed E-state index contributed by atoms with van der Waals surface area (Å²) in [7, 11) is -1.28. The van der Waals surface area contributed by atoms with Crippen molar-refractivity contribution >= 4 is 28.7 Å². The standard InChI is InChI=1S/C28H37ClN2O5S/c1-28(2,3)37(33)30-25(10-11-26-34-14-7-15-35-26)24-17-22(29)16-21-18-31(13-12-23(21)24)27(32)36-19-20-8-5-4-6-9-20/h4-6,8-9,16-17,25-26,30H,7,10-15,18-19H2,1-3H3. The molecule has 0 aromatic heterocycles. The van der Waals surface area contributed by atoms with Crippen molar-refractivity contribution in [2.75, 3.05) is 19.8 Å². The van der Waals surface area contributed by atoms with Crippen LogP contribution >= 0.6 is 11.6 Å². The van der Waals surface area contributed by atoms with E-state index >= 15 is 0 Å². The van der Waals surface area contributed by atoms with Gasteiger partial charge in [-0.3, -0.25) is 0 Å². The lowest BCUT2D eigenvalue weighted by Crippen LogP contribution is -2.39. The van der Waals surface area contributed by atoms with E-state index in [2.05, 4.69) is 4.72 Å². The number of benzene rings is 2. The highest BCUT2D eigenvalue weighted by Gasteiger charge is 2.30. The second-order valence-corrected chi connectivity index (χ2v) is 12.9. The zero-order chi connectivity index (χ0) is 26.4. The lowest BCUT2D eigenvalue weighted by Gasteiger charge is -2.33. The fourth-order valence-electron chi connectivity index (χ4n) is 4.56. The van der Waals surface area contributed by atoms with Crippen molar-refractivity contribution in [2.24, 2.45) is 0 Å². The second kappa shape index (κ2) is 12.7. The summed E-state index contributed by atoms with van der Waals surface area (Å²) >= 11 is 6.58. The van der Waals surface area contributed by atoms with Crippen LogP contribution in [0.15, 0.2) is 42.5 Å². The third-order valence-electron chi connectivity index (χ3n) is 6.57. The number of nitrogens with zero attached hydrogens (tertiary/aromatic N) is 1. The first kappa shape index (κ1) is 28.0. The smallest absolute Gasteiger partial charge is 0.410 e. The molecule has 7 nitrogen and oxygen atoms in total. The first-order valence-corrected chi connectivity index (χ1v) is 14.4. The predicted octanol–water partition coefficient (Wildman–Crippen LogP) is 5.67. The molecular weight excluding hydrogens is 512 g/mol. The van der Waals surface area contributed by atoms with E-state index in [1.807, 2.05) is 63.2 Å². The first-order valence-electron chi connectivity index (χ1n) is 12.9. The summed E-state index contributed by atoms with van der Waals surface area (Å²) in [6.45, 7) is 8.44. The van der Waals surface area contributed by atoms with Gasteiger partial charge in [0.25, 0.3) is 0 Å². The third kappa shape index (κ3) is 7.77. The van der Waals surface area contributed by atoms with Crippen LogP contribution in [0.4, 0.5) is 4.79 Å². The van der Waals surface area contributed by atoms with Gasteiger partial charge in [-0.1, -0.05) is 41.9 Å². The van der Waals surface area contributed by atoms with E-state index in [-0.39, 0.29) is 25.0 Å². The number of hydrogen-bond acceptors (Lipinski definition) is 5. The molecule has 2 aromatic rings. The number of amides is 1. The largest absolute Gasteiger partial charge is 0.445 e. The molecule has 0 radical (unpaired) electrons. The number of ether oxygens (including phenoxy) is 3. The average Bonchev–Trinajstić information content (AvgIpc) is 2.89. The molecule has 2 atom stereocenters. The maximum Gasteiger partial charge on any atom is 0.410 e. The average molecular weight is 549 g/mol. The Kier molecular flexibility index (Phi) is 9.64. The van der Waals surface area contributed by atoms with Crippen LogP contribution in [0.25, 0.3) is 0 Å². The minimum atomic E-state index is -1.28. The van der Waals surface area contributed by atoms with Gasteiger partial charge < -0.3 is 19.1 Å². The Balaban J connectivity index is 1.51. The van der Waals surface area contributed by atoms with Gasteiger partial charge in [-0.2, -0.15) is 0 Å². The van der Waals surface area contributed by atoms with Gasteiger partial charge in [-0.05, 0) is 74.4 Å². The van der Waals surface area contributed by atoms with E-state index in [1.54, 1.807) is 4.90 Å². The molecule has 202 valence electrons. The molecule has 0 aliphatic carbocycles. The highest BCUT2D eigenvalue weighted by Crippen LogP contribution is 2.34. The molecule has 0 spiro atoms. The molecule has 2 aromatic carbocycles. The predicted molar refractivity (Wildman–Crippen MR) is 146 cm³/mol. The Morgan fingerprint density at radius 2 is 1.95 bits per heavy atom. The van der Waals surface area contributed by atoms with Gasteiger partial charge in [0.2, 0.25) is 0 Å². The summed E-state index contributed by atoms with van der Waals surface area (Å²) < 4.78 is 33.1. The van der Waals surface area contributed by atoms with Crippen LogP contribution in [0.5, 0.6) is 0 Å². The molecule has 1 amide bonds. The number of carbonyl (C=O) groups is 1. The highest BCUT2D eigenvalue weighted by molar-refractivity contribution is 7.84. The van der Waals surface area contributed by atoms with E-state index < -0.39 is 15.7 Å². The molecule has 0 bridgehead atoms. The van der Waals surface area contributed by atoms with E-state index in [1.165, 1.54) is 0 Å². The van der Waals surface area contributed by atoms with Crippen molar-refractivity contribution in [3.63, 3.8) is 0 Å². The zero-order valence-corrected chi connectivity index (χ0v) is 23.4. The Hall–Kier alpha value is -1.97. The Morgan fingerprint density at radius 1 is 1.22 bits per heavy atom. The van der Waals surface area contributed by atoms with Gasteiger partial charge in [-0.15, -0.1) is 0 Å². The van der Waals surface area contributed by atoms with E-state index in [4.69, 9.17) is 25.8 Å². The quantitative estimate of drug-likeness (QED) is 0.460. The summed E-state index contributed by atoms with van der Waals surface area (Å²) in [5.74, 6) is 0. The summed E-state index contributed by atoms with van der Waals surface area (Å²) in [4.78, 5) is 14.5. The molecular formula is C28H37ClN2O5S. The molecule has 2 heterocycles. The van der Waals surface area contributed by atoms with Crippen molar-refractivity contribution in [2.45, 2.75) is 76.7 Å². The van der Waals surface area contributed by atoms with Crippen LogP contribution in [0, 0.1) is 0 Å². The molecule has 2 aliphatic heterocycles. The van der Waals surface area contributed by atoms with Crippen molar-refractivity contribution < 1.29 is 23.2 Å². The van der Waals surface area contributed by atoms with Crippen molar-refractivity contribution in [1.29, 1.82) is 0 Å². The molecule has 1 fully saturated rings. The van der Waals surface area contributed by atoms with Gasteiger partial charge in [0.15, 0.2) is 6.29 Å². The number of nitrogens with one attached hydrogen (secondary N) is 1. The fourth-order valence-corrected chi connectivity index (χ4v) is 5.67. The van der Waals surface area contributed by atoms with Crippen molar-refractivity contribution in [1.82, 2.24) is 9.62 Å². The molecule has 1 N–H and O–H groups in total. The Labute approximate surface area is 227 Å². The lowest BCUT2D eigenvalue weighted by atomic mass is 9.89. The Bertz CT molecular complexity index is 1090. The fraction of sp³-hybridized carbons (Fsp3) is 0.536. The number of fused-ring (bicyclic) bond motifs is 1. The van der Waals surface area contributed by atoms with Crippen LogP contribution in [0.3, 0.4) is 0 Å². The third-order valence-corrected chi connectivity index (χ3v) is 8.40. The van der Waals surface area contributed by atoms with Gasteiger partial charge in [0.05, 0.1) is 28.9 Å². The monoisotopic (exact) mass is 548 g/mol. The normalized spacial score (nSPS) is 18.2. The maximum absolute atomic E-state index is 13.1. The Morgan fingerprint density at radius 3 is 2.65 bits per heavy atom. The van der Waals surface area contributed by atoms with E-state index in [0.717, 1.165) is 28.7 Å².